The first-order chi connectivity index (χ1) is 13.3. The molecule has 1 aliphatic heterocycles. The molecule has 4 rings (SSSR count). The molecule has 5 heteroatoms. The van der Waals surface area contributed by atoms with E-state index in [1.807, 2.05) is 12.1 Å². The number of ether oxygens (including phenoxy) is 2. The zero-order valence-corrected chi connectivity index (χ0v) is 15.4. The van der Waals surface area contributed by atoms with Gasteiger partial charge in [0.25, 0.3) is 0 Å². The average molecular weight is 361 g/mol. The predicted octanol–water partition coefficient (Wildman–Crippen LogP) is 4.48. The Morgan fingerprint density at radius 1 is 1.11 bits per heavy atom. The van der Waals surface area contributed by atoms with Gasteiger partial charge in [-0.1, -0.05) is 18.2 Å². The number of methoxy groups -OCH3 is 1. The van der Waals surface area contributed by atoms with E-state index < -0.39 is 0 Å². The van der Waals surface area contributed by atoms with E-state index >= 15 is 0 Å². The number of para-hydroxylation sites is 1. The summed E-state index contributed by atoms with van der Waals surface area (Å²) in [5.74, 6) is 1.44. The largest absolute Gasteiger partial charge is 0.492 e. The van der Waals surface area contributed by atoms with Crippen molar-refractivity contribution >= 4 is 5.69 Å². The van der Waals surface area contributed by atoms with Crippen LogP contribution in [-0.4, -0.2) is 23.6 Å². The molecule has 0 atom stereocenters. The second kappa shape index (κ2) is 8.08. The standard InChI is InChI=1S/C22H23N3O2/c1-26-22-19(16-8-9-20-17(13-16)5-2-3-10-25-20)6-4-7-21(22)27-15-18-14-23-11-12-24-18/h4,6-9,11-14,25H,2-3,5,10,15H2,1H3. The number of hydrogen-bond acceptors (Lipinski definition) is 5. The van der Waals surface area contributed by atoms with Crippen LogP contribution in [0.3, 0.4) is 0 Å². The molecule has 27 heavy (non-hydrogen) atoms. The van der Waals surface area contributed by atoms with Gasteiger partial charge in [0.05, 0.1) is 19.0 Å². The number of fused-ring (bicyclic) bond motifs is 1. The van der Waals surface area contributed by atoms with Crippen molar-refractivity contribution in [3.8, 4) is 22.6 Å². The molecule has 1 aliphatic rings. The highest BCUT2D eigenvalue weighted by Crippen LogP contribution is 2.39. The molecular formula is C22H23N3O2. The molecule has 1 N–H and O–H groups in total. The Kier molecular flexibility index (Phi) is 5.19. The van der Waals surface area contributed by atoms with Crippen LogP contribution in [0, 0.1) is 0 Å². The number of nitrogens with zero attached hydrogens (tertiary/aromatic N) is 2. The molecule has 3 aromatic rings. The number of hydrogen-bond donors (Lipinski definition) is 1. The predicted molar refractivity (Wildman–Crippen MR) is 106 cm³/mol. The van der Waals surface area contributed by atoms with Gasteiger partial charge in [0.2, 0.25) is 0 Å². The summed E-state index contributed by atoms with van der Waals surface area (Å²) in [5, 5.41) is 3.51. The molecule has 138 valence electrons. The van der Waals surface area contributed by atoms with Crippen molar-refractivity contribution in [1.82, 2.24) is 9.97 Å². The zero-order valence-electron chi connectivity index (χ0n) is 15.4. The van der Waals surface area contributed by atoms with E-state index in [1.54, 1.807) is 25.7 Å². The Bertz CT molecular complexity index is 913. The first kappa shape index (κ1) is 17.3. The second-order valence-corrected chi connectivity index (χ2v) is 6.58. The number of aryl methyl sites for hydroxylation is 1. The summed E-state index contributed by atoms with van der Waals surface area (Å²) in [6, 6.07) is 12.6. The molecule has 2 aromatic carbocycles. The Morgan fingerprint density at radius 3 is 2.93 bits per heavy atom. The maximum absolute atomic E-state index is 5.97. The lowest BCUT2D eigenvalue weighted by Gasteiger charge is -2.16. The lowest BCUT2D eigenvalue weighted by Crippen LogP contribution is -2.01. The fourth-order valence-electron chi connectivity index (χ4n) is 3.43. The third kappa shape index (κ3) is 3.87. The Morgan fingerprint density at radius 2 is 2.07 bits per heavy atom. The minimum atomic E-state index is 0.349. The number of benzene rings is 2. The van der Waals surface area contributed by atoms with Crippen LogP contribution < -0.4 is 14.8 Å². The van der Waals surface area contributed by atoms with Gasteiger partial charge in [0.15, 0.2) is 11.5 Å². The van der Waals surface area contributed by atoms with Crippen molar-refractivity contribution in [2.24, 2.45) is 0 Å². The minimum Gasteiger partial charge on any atom is -0.492 e. The molecule has 0 radical (unpaired) electrons. The third-order valence-corrected chi connectivity index (χ3v) is 4.78. The molecule has 0 fully saturated rings. The highest BCUT2D eigenvalue weighted by Gasteiger charge is 2.15. The average Bonchev–Trinajstić information content (AvgIpc) is 2.97. The topological polar surface area (TPSA) is 56.3 Å². The van der Waals surface area contributed by atoms with Crippen LogP contribution in [0.4, 0.5) is 5.69 Å². The molecule has 1 aromatic heterocycles. The highest BCUT2D eigenvalue weighted by atomic mass is 16.5. The van der Waals surface area contributed by atoms with Gasteiger partial charge in [-0.2, -0.15) is 0 Å². The minimum absolute atomic E-state index is 0.349. The van der Waals surface area contributed by atoms with E-state index in [9.17, 15) is 0 Å². The molecular weight excluding hydrogens is 338 g/mol. The molecule has 0 saturated carbocycles. The third-order valence-electron chi connectivity index (χ3n) is 4.78. The maximum Gasteiger partial charge on any atom is 0.168 e. The van der Waals surface area contributed by atoms with Gasteiger partial charge in [-0.3, -0.25) is 9.97 Å². The molecule has 0 bridgehead atoms. The molecule has 0 spiro atoms. The Hall–Kier alpha value is -3.08. The van der Waals surface area contributed by atoms with E-state index in [0.29, 0.717) is 12.4 Å². The number of aromatic nitrogens is 2. The maximum atomic E-state index is 5.97. The van der Waals surface area contributed by atoms with Crippen LogP contribution in [0.25, 0.3) is 11.1 Å². The van der Waals surface area contributed by atoms with Crippen LogP contribution in [0.15, 0.2) is 55.0 Å². The fraction of sp³-hybridized carbons (Fsp3) is 0.273. The lowest BCUT2D eigenvalue weighted by molar-refractivity contribution is 0.281. The summed E-state index contributed by atoms with van der Waals surface area (Å²) in [6.45, 7) is 1.39. The van der Waals surface area contributed by atoms with Crippen molar-refractivity contribution in [2.45, 2.75) is 25.9 Å². The molecule has 5 nitrogen and oxygen atoms in total. The van der Waals surface area contributed by atoms with Gasteiger partial charge < -0.3 is 14.8 Å². The first-order valence-corrected chi connectivity index (χ1v) is 9.27. The monoisotopic (exact) mass is 361 g/mol. The van der Waals surface area contributed by atoms with E-state index in [4.69, 9.17) is 9.47 Å². The number of nitrogens with one attached hydrogen (secondary N) is 1. The quantitative estimate of drug-likeness (QED) is 0.726. The highest BCUT2D eigenvalue weighted by molar-refractivity contribution is 5.76. The molecule has 2 heterocycles. The van der Waals surface area contributed by atoms with Crippen molar-refractivity contribution < 1.29 is 9.47 Å². The SMILES string of the molecule is COc1c(OCc2cnccn2)cccc1-c1ccc2c(c1)CCCCN2. The van der Waals surface area contributed by atoms with Crippen LogP contribution in [0.5, 0.6) is 11.5 Å². The second-order valence-electron chi connectivity index (χ2n) is 6.58. The summed E-state index contributed by atoms with van der Waals surface area (Å²) in [6.07, 6.45) is 8.53. The van der Waals surface area contributed by atoms with Crippen LogP contribution in [0.1, 0.15) is 24.1 Å². The summed E-state index contributed by atoms with van der Waals surface area (Å²) < 4.78 is 11.7. The van der Waals surface area contributed by atoms with Gasteiger partial charge in [-0.25, -0.2) is 0 Å². The van der Waals surface area contributed by atoms with Gasteiger partial charge >= 0.3 is 0 Å². The number of anilines is 1. The van der Waals surface area contributed by atoms with Gasteiger partial charge in [-0.15, -0.1) is 0 Å². The van der Waals surface area contributed by atoms with Crippen LogP contribution in [0.2, 0.25) is 0 Å². The van der Waals surface area contributed by atoms with Crippen molar-refractivity contribution in [3.63, 3.8) is 0 Å². The zero-order chi connectivity index (χ0) is 18.5. The van der Waals surface area contributed by atoms with Gasteiger partial charge in [0, 0.05) is 30.2 Å². The smallest absolute Gasteiger partial charge is 0.168 e. The van der Waals surface area contributed by atoms with E-state index in [0.717, 1.165) is 35.5 Å². The molecule has 0 saturated heterocycles. The summed E-state index contributed by atoms with van der Waals surface area (Å²) >= 11 is 0. The van der Waals surface area contributed by atoms with Crippen LogP contribution in [-0.2, 0) is 13.0 Å². The van der Waals surface area contributed by atoms with E-state index in [2.05, 4.69) is 39.6 Å². The molecule has 0 amide bonds. The van der Waals surface area contributed by atoms with Crippen molar-refractivity contribution in [1.29, 1.82) is 0 Å². The summed E-state index contributed by atoms with van der Waals surface area (Å²) in [7, 11) is 1.68. The first-order valence-electron chi connectivity index (χ1n) is 9.27. The van der Waals surface area contributed by atoms with Crippen molar-refractivity contribution in [3.05, 3.63) is 66.2 Å². The van der Waals surface area contributed by atoms with Crippen LogP contribution >= 0.6 is 0 Å². The number of rotatable bonds is 5. The lowest BCUT2D eigenvalue weighted by atomic mass is 9.98. The van der Waals surface area contributed by atoms with Gasteiger partial charge in [0.1, 0.15) is 6.61 Å². The van der Waals surface area contributed by atoms with E-state index in [1.165, 1.54) is 24.1 Å². The molecule has 0 aliphatic carbocycles. The van der Waals surface area contributed by atoms with Crippen molar-refractivity contribution in [2.75, 3.05) is 19.0 Å². The Balaban J connectivity index is 1.64. The summed E-state index contributed by atoms with van der Waals surface area (Å²) in [4.78, 5) is 8.33. The fourth-order valence-corrected chi connectivity index (χ4v) is 3.43. The normalized spacial score (nSPS) is 13.2. The van der Waals surface area contributed by atoms with E-state index in [-0.39, 0.29) is 0 Å². The van der Waals surface area contributed by atoms with Gasteiger partial charge in [-0.05, 0) is 48.6 Å². The molecule has 0 unspecified atom stereocenters. The summed E-state index contributed by atoms with van der Waals surface area (Å²) in [5.41, 5.74) is 5.55. The Labute approximate surface area is 159 Å².